The molecule has 0 aliphatic carbocycles. The molecule has 26 heavy (non-hydrogen) atoms. The first-order chi connectivity index (χ1) is 12.6. The normalized spacial score (nSPS) is 11.8. The summed E-state index contributed by atoms with van der Waals surface area (Å²) in [7, 11) is 1.31. The number of halogens is 1. The van der Waals surface area contributed by atoms with Crippen LogP contribution < -0.4 is 5.32 Å². The number of carbonyl (C=O) groups is 2. The fourth-order valence-electron chi connectivity index (χ4n) is 2.66. The summed E-state index contributed by atoms with van der Waals surface area (Å²) in [5.74, 6) is -0.837. The van der Waals surface area contributed by atoms with Crippen molar-refractivity contribution in [1.29, 1.82) is 0 Å². The maximum atomic E-state index is 12.6. The van der Waals surface area contributed by atoms with E-state index in [4.69, 9.17) is 4.74 Å². The van der Waals surface area contributed by atoms with Gasteiger partial charge in [0.05, 0.1) is 18.2 Å². The molecule has 2 aromatic carbocycles. The summed E-state index contributed by atoms with van der Waals surface area (Å²) in [5.41, 5.74) is 2.19. The van der Waals surface area contributed by atoms with Crippen molar-refractivity contribution in [3.63, 3.8) is 0 Å². The number of benzene rings is 2. The Morgan fingerprint density at radius 2 is 1.88 bits per heavy atom. The van der Waals surface area contributed by atoms with E-state index >= 15 is 0 Å². The number of fused-ring (bicyclic) bond motifs is 1. The third kappa shape index (κ3) is 4.19. The first kappa shape index (κ1) is 18.3. The first-order valence-corrected chi connectivity index (χ1v) is 9.13. The Bertz CT molecular complexity index is 958. The maximum absolute atomic E-state index is 12.6. The van der Waals surface area contributed by atoms with Crippen molar-refractivity contribution in [2.75, 3.05) is 7.11 Å². The van der Waals surface area contributed by atoms with E-state index in [0.717, 1.165) is 20.0 Å². The fraction of sp³-hybridized carbons (Fsp3) is 0.150. The van der Waals surface area contributed by atoms with Crippen LogP contribution in [0, 0.1) is 3.57 Å². The van der Waals surface area contributed by atoms with Gasteiger partial charge in [-0.1, -0.05) is 36.4 Å². The number of pyridine rings is 1. The monoisotopic (exact) mass is 460 g/mol. The van der Waals surface area contributed by atoms with Crippen LogP contribution in [0.4, 0.5) is 0 Å². The molecule has 132 valence electrons. The number of nitrogens with zero attached hydrogens (tertiary/aromatic N) is 1. The maximum Gasteiger partial charge on any atom is 0.328 e. The lowest BCUT2D eigenvalue weighted by Crippen LogP contribution is -2.43. The van der Waals surface area contributed by atoms with Crippen LogP contribution in [0.1, 0.15) is 15.9 Å². The van der Waals surface area contributed by atoms with Crippen LogP contribution in [0.15, 0.2) is 60.8 Å². The quantitative estimate of drug-likeness (QED) is 0.469. The number of amides is 1. The van der Waals surface area contributed by atoms with Crippen molar-refractivity contribution in [2.45, 2.75) is 12.5 Å². The highest BCUT2D eigenvalue weighted by molar-refractivity contribution is 14.1. The Labute approximate surface area is 164 Å². The fourth-order valence-corrected chi connectivity index (χ4v) is 3.26. The molecular weight excluding hydrogens is 443 g/mol. The SMILES string of the molecule is COC(=O)[C@@H](Cc1ccccc1I)NC(=O)c1cnc2ccccc2c1. The standard InChI is InChI=1S/C20H17IN2O3/c1-26-20(25)18(11-13-6-2-4-8-16(13)21)23-19(24)15-10-14-7-3-5-9-17(14)22-12-15/h2-10,12,18H,11H2,1H3,(H,23,24)/t18-/m1/s1. The second-order valence-corrected chi connectivity index (χ2v) is 6.92. The van der Waals surface area contributed by atoms with Gasteiger partial charge in [-0.25, -0.2) is 4.79 Å². The second-order valence-electron chi connectivity index (χ2n) is 5.76. The van der Waals surface area contributed by atoms with Gasteiger partial charge in [0.2, 0.25) is 0 Å². The summed E-state index contributed by atoms with van der Waals surface area (Å²) in [6, 6.07) is 16.3. The molecule has 0 bridgehead atoms. The van der Waals surface area contributed by atoms with E-state index in [1.54, 1.807) is 6.07 Å². The Hall–Kier alpha value is -2.48. The van der Waals surface area contributed by atoms with Crippen LogP contribution in [-0.2, 0) is 16.0 Å². The van der Waals surface area contributed by atoms with E-state index in [9.17, 15) is 9.59 Å². The zero-order chi connectivity index (χ0) is 18.5. The van der Waals surface area contributed by atoms with Crippen LogP contribution >= 0.6 is 22.6 Å². The topological polar surface area (TPSA) is 68.3 Å². The van der Waals surface area contributed by atoms with Gasteiger partial charge in [-0.15, -0.1) is 0 Å². The molecule has 0 spiro atoms. The van der Waals surface area contributed by atoms with E-state index in [-0.39, 0.29) is 5.91 Å². The van der Waals surface area contributed by atoms with Gasteiger partial charge in [-0.3, -0.25) is 9.78 Å². The number of esters is 1. The number of rotatable bonds is 5. The average Bonchev–Trinajstić information content (AvgIpc) is 2.68. The number of carbonyl (C=O) groups excluding carboxylic acids is 2. The molecule has 1 amide bonds. The minimum absolute atomic E-state index is 0.357. The van der Waals surface area contributed by atoms with Gasteiger partial charge in [0.15, 0.2) is 0 Å². The third-order valence-corrected chi connectivity index (χ3v) is 5.08. The molecule has 5 nitrogen and oxygen atoms in total. The number of hydrogen-bond donors (Lipinski definition) is 1. The molecule has 3 aromatic rings. The molecule has 1 N–H and O–H groups in total. The first-order valence-electron chi connectivity index (χ1n) is 8.05. The number of nitrogens with one attached hydrogen (secondary N) is 1. The summed E-state index contributed by atoms with van der Waals surface area (Å²) in [6.07, 6.45) is 1.87. The second kappa shape index (κ2) is 8.27. The highest BCUT2D eigenvalue weighted by atomic mass is 127. The van der Waals surface area contributed by atoms with Gasteiger partial charge in [0.1, 0.15) is 6.04 Å². The number of hydrogen-bond acceptors (Lipinski definition) is 4. The van der Waals surface area contributed by atoms with Gasteiger partial charge < -0.3 is 10.1 Å². The molecule has 0 unspecified atom stereocenters. The molecule has 0 aliphatic heterocycles. The van der Waals surface area contributed by atoms with Gasteiger partial charge in [0.25, 0.3) is 5.91 Å². The predicted molar refractivity (Wildman–Crippen MR) is 108 cm³/mol. The summed E-state index contributed by atoms with van der Waals surface area (Å²) in [4.78, 5) is 29.1. The average molecular weight is 460 g/mol. The van der Waals surface area contributed by atoms with Crippen molar-refractivity contribution in [3.8, 4) is 0 Å². The molecule has 1 heterocycles. The summed E-state index contributed by atoms with van der Waals surface area (Å²) in [6.45, 7) is 0. The van der Waals surface area contributed by atoms with E-state index in [2.05, 4.69) is 32.9 Å². The Morgan fingerprint density at radius 1 is 1.15 bits per heavy atom. The van der Waals surface area contributed by atoms with Crippen LogP contribution in [0.5, 0.6) is 0 Å². The summed E-state index contributed by atoms with van der Waals surface area (Å²) < 4.78 is 5.89. The van der Waals surface area contributed by atoms with Gasteiger partial charge >= 0.3 is 5.97 Å². The highest BCUT2D eigenvalue weighted by Crippen LogP contribution is 2.16. The molecule has 1 aromatic heterocycles. The highest BCUT2D eigenvalue weighted by Gasteiger charge is 2.23. The number of ether oxygens (including phenoxy) is 1. The number of aromatic nitrogens is 1. The lowest BCUT2D eigenvalue weighted by molar-refractivity contribution is -0.142. The molecule has 0 saturated carbocycles. The van der Waals surface area contributed by atoms with E-state index in [1.165, 1.54) is 13.3 Å². The molecule has 0 radical (unpaired) electrons. The summed E-state index contributed by atoms with van der Waals surface area (Å²) in [5, 5.41) is 3.64. The molecule has 0 aliphatic rings. The summed E-state index contributed by atoms with van der Waals surface area (Å²) >= 11 is 2.21. The predicted octanol–water partition coefficient (Wildman–Crippen LogP) is 3.35. The van der Waals surface area contributed by atoms with Crippen LogP contribution in [0.3, 0.4) is 0 Å². The van der Waals surface area contributed by atoms with E-state index in [1.807, 2.05) is 48.5 Å². The minimum Gasteiger partial charge on any atom is -0.467 e. The Kier molecular flexibility index (Phi) is 5.82. The Balaban J connectivity index is 1.82. The third-order valence-electron chi connectivity index (χ3n) is 4.03. The van der Waals surface area contributed by atoms with Crippen molar-refractivity contribution >= 4 is 45.4 Å². The van der Waals surface area contributed by atoms with Crippen LogP contribution in [0.2, 0.25) is 0 Å². The largest absolute Gasteiger partial charge is 0.467 e. The van der Waals surface area contributed by atoms with Crippen molar-refractivity contribution in [3.05, 3.63) is 75.5 Å². The van der Waals surface area contributed by atoms with Crippen molar-refractivity contribution in [1.82, 2.24) is 10.3 Å². The zero-order valence-electron chi connectivity index (χ0n) is 14.1. The molecule has 1 atom stereocenters. The molecule has 3 rings (SSSR count). The van der Waals surface area contributed by atoms with Gasteiger partial charge in [-0.05, 0) is 46.4 Å². The van der Waals surface area contributed by atoms with Crippen molar-refractivity contribution in [2.24, 2.45) is 0 Å². The van der Waals surface area contributed by atoms with Crippen LogP contribution in [0.25, 0.3) is 10.9 Å². The van der Waals surface area contributed by atoms with Gasteiger partial charge in [-0.2, -0.15) is 0 Å². The lowest BCUT2D eigenvalue weighted by Gasteiger charge is -2.17. The molecular formula is C20H17IN2O3. The van der Waals surface area contributed by atoms with Crippen molar-refractivity contribution < 1.29 is 14.3 Å². The smallest absolute Gasteiger partial charge is 0.328 e. The number of methoxy groups -OCH3 is 1. The molecule has 0 fully saturated rings. The van der Waals surface area contributed by atoms with Crippen LogP contribution in [-0.4, -0.2) is 30.0 Å². The zero-order valence-corrected chi connectivity index (χ0v) is 16.3. The number of para-hydroxylation sites is 1. The molecule has 0 saturated heterocycles. The van der Waals surface area contributed by atoms with E-state index < -0.39 is 12.0 Å². The lowest BCUT2D eigenvalue weighted by atomic mass is 10.1. The van der Waals surface area contributed by atoms with E-state index in [0.29, 0.717) is 12.0 Å². The Morgan fingerprint density at radius 3 is 2.65 bits per heavy atom. The molecule has 6 heteroatoms. The minimum atomic E-state index is -0.769. The van der Waals surface area contributed by atoms with Gasteiger partial charge in [0, 0.05) is 21.6 Å².